The summed E-state index contributed by atoms with van der Waals surface area (Å²) < 4.78 is 66.8. The van der Waals surface area contributed by atoms with Crippen LogP contribution in [-0.4, -0.2) is 84.8 Å². The topological polar surface area (TPSA) is 145 Å². The van der Waals surface area contributed by atoms with E-state index in [1.807, 2.05) is 33.9 Å². The van der Waals surface area contributed by atoms with Gasteiger partial charge in [-0.05, 0) is 64.7 Å². The van der Waals surface area contributed by atoms with E-state index >= 15 is 0 Å². The van der Waals surface area contributed by atoms with E-state index in [4.69, 9.17) is 9.16 Å². The molecule has 16 heteroatoms. The molecule has 2 aromatic rings. The quantitative estimate of drug-likeness (QED) is 0.337. The summed E-state index contributed by atoms with van der Waals surface area (Å²) in [6, 6.07) is 0.962. The smallest absolute Gasteiger partial charge is 0.407 e. The molecule has 1 saturated heterocycles. The molecule has 2 aromatic heterocycles. The van der Waals surface area contributed by atoms with Crippen molar-refractivity contribution in [2.45, 2.75) is 110 Å². The van der Waals surface area contributed by atoms with Crippen LogP contribution in [-0.2, 0) is 25.7 Å². The molecule has 12 nitrogen and oxygen atoms in total. The van der Waals surface area contributed by atoms with Crippen molar-refractivity contribution in [3.63, 3.8) is 0 Å². The number of hydrogen-bond donors (Lipinski definition) is 2. The van der Waals surface area contributed by atoms with Crippen LogP contribution in [0.3, 0.4) is 0 Å². The molecule has 45 heavy (non-hydrogen) atoms. The normalized spacial score (nSPS) is 17.4. The first-order valence-electron chi connectivity index (χ1n) is 15.0. The van der Waals surface area contributed by atoms with Crippen molar-refractivity contribution in [2.24, 2.45) is 0 Å². The molecule has 1 amide bonds. The Balaban J connectivity index is 2.05. The molecule has 1 aliphatic heterocycles. The lowest BCUT2D eigenvalue weighted by atomic mass is 10.1. The van der Waals surface area contributed by atoms with Crippen molar-refractivity contribution >= 4 is 41.4 Å². The summed E-state index contributed by atoms with van der Waals surface area (Å²) in [6.07, 6.45) is -0.143. The fourth-order valence-electron chi connectivity index (χ4n) is 4.87. The van der Waals surface area contributed by atoms with Gasteiger partial charge in [-0.2, -0.15) is 4.98 Å². The van der Waals surface area contributed by atoms with Gasteiger partial charge in [0.1, 0.15) is 11.2 Å². The van der Waals surface area contributed by atoms with Gasteiger partial charge >= 0.3 is 6.09 Å². The maximum atomic E-state index is 14.1. The standard InChI is InChI=1S/C29H48F2N6O6SSi/c1-27(2,3)42-26(39)33-17-29(7,43-45(9,10)28(4,5)6)18-37-23-19(15-21(22(30)31)24(37)38)16-32-25(35-23)34-20-11-13-36(14-12-20)44(8,40)41/h15-16,20,22H,11-14,17-18H2,1-10H3,(H,33,39)(H,32,34,35)/t29-/m1/s1. The van der Waals surface area contributed by atoms with Gasteiger partial charge in [-0.3, -0.25) is 9.36 Å². The zero-order chi connectivity index (χ0) is 34.2. The lowest BCUT2D eigenvalue weighted by molar-refractivity contribution is 0.0311. The zero-order valence-electron chi connectivity index (χ0n) is 28.0. The fraction of sp³-hybridized carbons (Fsp3) is 0.724. The molecule has 0 saturated carbocycles. The molecule has 254 valence electrons. The average molecular weight is 675 g/mol. The molecule has 1 aliphatic rings. The molecule has 1 atom stereocenters. The Labute approximate surface area is 265 Å². The van der Waals surface area contributed by atoms with Crippen LogP contribution in [0.1, 0.15) is 73.3 Å². The minimum Gasteiger partial charge on any atom is -0.444 e. The number of alkyl halides is 2. The number of aromatic nitrogens is 3. The van der Waals surface area contributed by atoms with E-state index in [0.29, 0.717) is 25.9 Å². The molecule has 1 fully saturated rings. The van der Waals surface area contributed by atoms with E-state index < -0.39 is 53.2 Å². The first-order valence-corrected chi connectivity index (χ1v) is 19.7. The van der Waals surface area contributed by atoms with E-state index in [2.05, 4.69) is 20.6 Å². The highest BCUT2D eigenvalue weighted by Crippen LogP contribution is 2.39. The van der Waals surface area contributed by atoms with Crippen molar-refractivity contribution in [1.82, 2.24) is 24.2 Å². The fourth-order valence-corrected chi connectivity index (χ4v) is 7.42. The van der Waals surface area contributed by atoms with Gasteiger partial charge in [-0.15, -0.1) is 0 Å². The predicted octanol–water partition coefficient (Wildman–Crippen LogP) is 4.87. The van der Waals surface area contributed by atoms with Crippen LogP contribution in [0.5, 0.6) is 0 Å². The number of nitrogens with zero attached hydrogens (tertiary/aromatic N) is 4. The van der Waals surface area contributed by atoms with Crippen LogP contribution in [0.25, 0.3) is 11.0 Å². The van der Waals surface area contributed by atoms with Crippen LogP contribution in [0.4, 0.5) is 19.5 Å². The second-order valence-corrected chi connectivity index (χ2v) is 21.2. The Morgan fingerprint density at radius 1 is 1.13 bits per heavy atom. The summed E-state index contributed by atoms with van der Waals surface area (Å²) in [4.78, 5) is 35.1. The summed E-state index contributed by atoms with van der Waals surface area (Å²) >= 11 is 0. The number of sulfonamides is 1. The number of carbonyl (C=O) groups is 1. The molecule has 0 bridgehead atoms. The summed E-state index contributed by atoms with van der Waals surface area (Å²) in [5, 5.41) is 5.93. The van der Waals surface area contributed by atoms with Crippen LogP contribution >= 0.6 is 0 Å². The average Bonchev–Trinajstić information content (AvgIpc) is 2.87. The molecule has 0 spiro atoms. The van der Waals surface area contributed by atoms with Gasteiger partial charge in [-0.1, -0.05) is 20.8 Å². The first kappa shape index (κ1) is 36.8. The summed E-state index contributed by atoms with van der Waals surface area (Å²) in [5.74, 6) is 0.178. The lowest BCUT2D eigenvalue weighted by Gasteiger charge is -2.44. The van der Waals surface area contributed by atoms with Gasteiger partial charge in [0, 0.05) is 30.7 Å². The number of rotatable bonds is 10. The number of ether oxygens (including phenoxy) is 1. The number of nitrogens with one attached hydrogen (secondary N) is 2. The van der Waals surface area contributed by atoms with Crippen LogP contribution < -0.4 is 16.2 Å². The number of pyridine rings is 1. The Morgan fingerprint density at radius 2 is 1.73 bits per heavy atom. The molecule has 2 N–H and O–H groups in total. The number of hydrogen-bond acceptors (Lipinski definition) is 9. The Morgan fingerprint density at radius 3 is 2.24 bits per heavy atom. The molecule has 0 aromatic carbocycles. The highest BCUT2D eigenvalue weighted by Gasteiger charge is 2.44. The summed E-state index contributed by atoms with van der Waals surface area (Å²) in [5.41, 5.74) is -3.48. The van der Waals surface area contributed by atoms with Crippen molar-refractivity contribution in [3.8, 4) is 0 Å². The highest BCUT2D eigenvalue weighted by molar-refractivity contribution is 7.88. The van der Waals surface area contributed by atoms with Crippen molar-refractivity contribution in [3.05, 3.63) is 28.2 Å². The third-order valence-corrected chi connectivity index (χ3v) is 14.1. The maximum Gasteiger partial charge on any atom is 0.407 e. The molecular formula is C29H48F2N6O6SSi. The van der Waals surface area contributed by atoms with E-state index in [9.17, 15) is 26.8 Å². The molecule has 0 radical (unpaired) electrons. The number of halogens is 2. The largest absolute Gasteiger partial charge is 0.444 e. The molecule has 3 rings (SSSR count). The Hall–Kier alpha value is -2.69. The van der Waals surface area contributed by atoms with E-state index in [0.717, 1.165) is 6.07 Å². The monoisotopic (exact) mass is 674 g/mol. The van der Waals surface area contributed by atoms with Crippen LogP contribution in [0.15, 0.2) is 17.1 Å². The molecule has 3 heterocycles. The van der Waals surface area contributed by atoms with E-state index in [1.165, 1.54) is 21.3 Å². The number of alkyl carbamates (subject to hydrolysis) is 1. The van der Waals surface area contributed by atoms with Gasteiger partial charge in [-0.25, -0.2) is 31.3 Å². The minimum atomic E-state index is -3.30. The van der Waals surface area contributed by atoms with Crippen LogP contribution in [0, 0.1) is 0 Å². The van der Waals surface area contributed by atoms with Gasteiger partial charge in [0.15, 0.2) is 8.32 Å². The maximum absolute atomic E-state index is 14.1. The first-order chi connectivity index (χ1) is 20.4. The SMILES string of the molecule is CC(C)(C)OC(=O)NC[C@](C)(Cn1c(=O)c(C(F)F)cc2cnc(NC3CCN(S(C)(=O)=O)CC3)nc21)O[Si](C)(C)C(C)(C)C. The Kier molecular flexibility index (Phi) is 10.8. The minimum absolute atomic E-state index is 0.0731. The van der Waals surface area contributed by atoms with Gasteiger partial charge in [0.05, 0.1) is 30.5 Å². The zero-order valence-corrected chi connectivity index (χ0v) is 29.8. The third-order valence-electron chi connectivity index (χ3n) is 8.15. The van der Waals surface area contributed by atoms with Gasteiger partial charge < -0.3 is 19.8 Å². The summed E-state index contributed by atoms with van der Waals surface area (Å²) in [6.45, 7) is 17.5. The number of anilines is 1. The van der Waals surface area contributed by atoms with Gasteiger partial charge in [0.25, 0.3) is 12.0 Å². The number of carbonyl (C=O) groups excluding carboxylic acids is 1. The predicted molar refractivity (Wildman–Crippen MR) is 173 cm³/mol. The molecular weight excluding hydrogens is 627 g/mol. The molecule has 0 aliphatic carbocycles. The third kappa shape index (κ3) is 9.65. The van der Waals surface area contributed by atoms with Crippen molar-refractivity contribution in [2.75, 3.05) is 31.2 Å². The second-order valence-electron chi connectivity index (χ2n) is 14.5. The highest BCUT2D eigenvalue weighted by atomic mass is 32.2. The van der Waals surface area contributed by atoms with Crippen LogP contribution in [0.2, 0.25) is 18.1 Å². The number of fused-ring (bicyclic) bond motifs is 1. The van der Waals surface area contributed by atoms with Gasteiger partial charge in [0.2, 0.25) is 16.0 Å². The lowest BCUT2D eigenvalue weighted by Crippen LogP contribution is -2.56. The molecule has 0 unspecified atom stereocenters. The van der Waals surface area contributed by atoms with Crippen molar-refractivity contribution < 1.29 is 31.2 Å². The Bertz CT molecular complexity index is 1550. The van der Waals surface area contributed by atoms with Crippen molar-refractivity contribution in [1.29, 1.82) is 0 Å². The number of piperidine rings is 1. The second kappa shape index (κ2) is 13.2. The van der Waals surface area contributed by atoms with E-state index in [1.54, 1.807) is 27.7 Å². The summed E-state index contributed by atoms with van der Waals surface area (Å²) in [7, 11) is -5.84. The number of amides is 1. The van der Waals surface area contributed by atoms with E-state index in [-0.39, 0.29) is 41.2 Å².